The van der Waals surface area contributed by atoms with Crippen LogP contribution in [0.25, 0.3) is 22.4 Å². The summed E-state index contributed by atoms with van der Waals surface area (Å²) in [5.74, 6) is 0.956. The van der Waals surface area contributed by atoms with Crippen LogP contribution in [-0.2, 0) is 13.0 Å². The normalized spacial score (nSPS) is 12.1. The first-order valence-electron chi connectivity index (χ1n) is 7.80. The molecule has 1 aromatic carbocycles. The van der Waals surface area contributed by atoms with Crippen LogP contribution in [0.5, 0.6) is 0 Å². The molecule has 0 bridgehead atoms. The number of hydrogen-bond donors (Lipinski definition) is 2. The van der Waals surface area contributed by atoms with E-state index >= 15 is 0 Å². The second-order valence-electron chi connectivity index (χ2n) is 5.65. The Balaban J connectivity index is 0.00000225. The number of rotatable bonds is 5. The largest absolute Gasteiger partial charge is 0.334 e. The van der Waals surface area contributed by atoms with E-state index in [0.717, 1.165) is 4.57 Å². The molecule has 0 aliphatic rings. The van der Waals surface area contributed by atoms with E-state index in [9.17, 15) is 9.59 Å². The highest BCUT2D eigenvalue weighted by Gasteiger charge is 2.13. The number of benzene rings is 1. The highest BCUT2D eigenvalue weighted by molar-refractivity contribution is 5.85. The molecule has 9 heteroatoms. The number of halogens is 1. The molecule has 2 heterocycles. The Hall–Kier alpha value is -2.45. The lowest BCUT2D eigenvalue weighted by Gasteiger charge is -2.05. The second-order valence-corrected chi connectivity index (χ2v) is 5.65. The first kappa shape index (κ1) is 18.9. The van der Waals surface area contributed by atoms with Gasteiger partial charge in [-0.1, -0.05) is 5.16 Å². The summed E-state index contributed by atoms with van der Waals surface area (Å²) in [7, 11) is 1.87. The van der Waals surface area contributed by atoms with Gasteiger partial charge < -0.3 is 14.8 Å². The van der Waals surface area contributed by atoms with E-state index in [-0.39, 0.29) is 24.0 Å². The summed E-state index contributed by atoms with van der Waals surface area (Å²) < 4.78 is 6.44. The van der Waals surface area contributed by atoms with Gasteiger partial charge in [0.1, 0.15) is 0 Å². The van der Waals surface area contributed by atoms with Gasteiger partial charge in [-0.25, -0.2) is 4.79 Å². The molecule has 2 N–H and O–H groups in total. The van der Waals surface area contributed by atoms with E-state index in [1.54, 1.807) is 25.1 Å². The Bertz CT molecular complexity index is 991. The third-order valence-electron chi connectivity index (χ3n) is 3.99. The van der Waals surface area contributed by atoms with Crippen LogP contribution in [-0.4, -0.2) is 32.8 Å². The van der Waals surface area contributed by atoms with Crippen molar-refractivity contribution in [2.24, 2.45) is 0 Å². The Morgan fingerprint density at radius 2 is 2.12 bits per heavy atom. The summed E-state index contributed by atoms with van der Waals surface area (Å²) >= 11 is 0. The average Bonchev–Trinajstić information content (AvgIpc) is 3.03. The molecule has 3 aromatic rings. The summed E-state index contributed by atoms with van der Waals surface area (Å²) in [6.07, 6.45) is 0.644. The van der Waals surface area contributed by atoms with Crippen molar-refractivity contribution in [2.45, 2.75) is 32.9 Å². The molecule has 0 saturated heterocycles. The zero-order valence-electron chi connectivity index (χ0n) is 14.2. The fraction of sp³-hybridized carbons (Fsp3) is 0.375. The predicted octanol–water partition coefficient (Wildman–Crippen LogP) is 1.33. The lowest BCUT2D eigenvalue weighted by atomic mass is 10.1. The van der Waals surface area contributed by atoms with E-state index in [4.69, 9.17) is 4.52 Å². The van der Waals surface area contributed by atoms with Gasteiger partial charge >= 0.3 is 5.69 Å². The zero-order valence-corrected chi connectivity index (χ0v) is 15.0. The summed E-state index contributed by atoms with van der Waals surface area (Å²) in [5, 5.41) is 7.52. The van der Waals surface area contributed by atoms with Crippen LogP contribution < -0.4 is 16.6 Å². The van der Waals surface area contributed by atoms with Crippen molar-refractivity contribution in [1.82, 2.24) is 25.0 Å². The minimum absolute atomic E-state index is 0. The van der Waals surface area contributed by atoms with E-state index in [2.05, 4.69) is 20.4 Å². The Morgan fingerprint density at radius 1 is 1.36 bits per heavy atom. The molecule has 0 amide bonds. The maximum Gasteiger partial charge on any atom is 0.328 e. The van der Waals surface area contributed by atoms with Gasteiger partial charge in [-0.2, -0.15) is 4.98 Å². The number of fused-ring (bicyclic) bond motifs is 1. The quantitative estimate of drug-likeness (QED) is 0.706. The molecule has 134 valence electrons. The molecule has 8 nitrogen and oxygen atoms in total. The Labute approximate surface area is 149 Å². The lowest BCUT2D eigenvalue weighted by molar-refractivity contribution is 0.418. The van der Waals surface area contributed by atoms with Crippen molar-refractivity contribution in [3.05, 3.63) is 44.9 Å². The van der Waals surface area contributed by atoms with Crippen molar-refractivity contribution in [3.63, 3.8) is 0 Å². The number of nitrogens with one attached hydrogen (secondary N) is 2. The van der Waals surface area contributed by atoms with Gasteiger partial charge in [0.05, 0.1) is 10.9 Å². The van der Waals surface area contributed by atoms with Crippen molar-refractivity contribution in [1.29, 1.82) is 0 Å². The number of aromatic amines is 1. The van der Waals surface area contributed by atoms with E-state index < -0.39 is 5.69 Å². The fourth-order valence-corrected chi connectivity index (χ4v) is 2.50. The maximum absolute atomic E-state index is 12.3. The first-order chi connectivity index (χ1) is 11.5. The SMILES string of the molecule is CCn1c(=O)[nH]c2cc(-c3nc(CC(C)NC)no3)ccc2c1=O.Cl. The van der Waals surface area contributed by atoms with Crippen LogP contribution >= 0.6 is 12.4 Å². The molecule has 3 rings (SSSR count). The van der Waals surface area contributed by atoms with Gasteiger partial charge in [-0.15, -0.1) is 12.4 Å². The lowest BCUT2D eigenvalue weighted by Crippen LogP contribution is -2.34. The first-order valence-corrected chi connectivity index (χ1v) is 7.80. The van der Waals surface area contributed by atoms with Crippen molar-refractivity contribution in [3.8, 4) is 11.5 Å². The topological polar surface area (TPSA) is 106 Å². The number of aromatic nitrogens is 4. The third-order valence-corrected chi connectivity index (χ3v) is 3.99. The van der Waals surface area contributed by atoms with Gasteiger partial charge in [-0.3, -0.25) is 9.36 Å². The van der Waals surface area contributed by atoms with Crippen molar-refractivity contribution >= 4 is 23.3 Å². The number of H-pyrrole nitrogens is 1. The van der Waals surface area contributed by atoms with E-state index in [0.29, 0.717) is 41.1 Å². The highest BCUT2D eigenvalue weighted by atomic mass is 35.5. The minimum atomic E-state index is -0.429. The van der Waals surface area contributed by atoms with Crippen LogP contribution in [0.1, 0.15) is 19.7 Å². The fourth-order valence-electron chi connectivity index (χ4n) is 2.50. The van der Waals surface area contributed by atoms with Gasteiger partial charge in [0.15, 0.2) is 5.82 Å². The van der Waals surface area contributed by atoms with Crippen LogP contribution in [0.15, 0.2) is 32.3 Å². The molecule has 0 fully saturated rings. The van der Waals surface area contributed by atoms with E-state index in [1.165, 1.54) is 0 Å². The molecule has 0 spiro atoms. The summed E-state index contributed by atoms with van der Waals surface area (Å²) in [4.78, 5) is 31.3. The highest BCUT2D eigenvalue weighted by Crippen LogP contribution is 2.20. The average molecular weight is 366 g/mol. The molecule has 0 aliphatic carbocycles. The molecule has 0 aliphatic heterocycles. The zero-order chi connectivity index (χ0) is 17.3. The molecule has 0 radical (unpaired) electrons. The summed E-state index contributed by atoms with van der Waals surface area (Å²) in [6.45, 7) is 4.10. The monoisotopic (exact) mass is 365 g/mol. The summed E-state index contributed by atoms with van der Waals surface area (Å²) in [5.41, 5.74) is 0.372. The van der Waals surface area contributed by atoms with Crippen molar-refractivity contribution in [2.75, 3.05) is 7.05 Å². The third kappa shape index (κ3) is 3.64. The number of nitrogens with zero attached hydrogens (tertiary/aromatic N) is 3. The van der Waals surface area contributed by atoms with Crippen LogP contribution in [0, 0.1) is 0 Å². The van der Waals surface area contributed by atoms with Crippen LogP contribution in [0.4, 0.5) is 0 Å². The molecular weight excluding hydrogens is 346 g/mol. The standard InChI is InChI=1S/C16H19N5O3.ClH/c1-4-21-15(22)11-6-5-10(8-12(11)18-16(21)23)14-19-13(20-24-14)7-9(2)17-3;/h5-6,8-9,17H,4,7H2,1-3H3,(H,18,23);1H. The Morgan fingerprint density at radius 3 is 2.80 bits per heavy atom. The predicted molar refractivity (Wildman–Crippen MR) is 97.3 cm³/mol. The van der Waals surface area contributed by atoms with Gasteiger partial charge in [0, 0.05) is 24.6 Å². The molecule has 2 aromatic heterocycles. The van der Waals surface area contributed by atoms with Gasteiger partial charge in [-0.05, 0) is 39.1 Å². The van der Waals surface area contributed by atoms with Gasteiger partial charge in [0.25, 0.3) is 11.4 Å². The maximum atomic E-state index is 12.3. The van der Waals surface area contributed by atoms with Gasteiger partial charge in [0.2, 0.25) is 0 Å². The van der Waals surface area contributed by atoms with E-state index in [1.807, 2.05) is 14.0 Å². The minimum Gasteiger partial charge on any atom is -0.334 e. The van der Waals surface area contributed by atoms with Crippen LogP contribution in [0.3, 0.4) is 0 Å². The Kier molecular flexibility index (Phi) is 5.76. The molecule has 1 unspecified atom stereocenters. The van der Waals surface area contributed by atoms with Crippen molar-refractivity contribution < 1.29 is 4.52 Å². The molecule has 1 atom stereocenters. The second kappa shape index (κ2) is 7.62. The van der Waals surface area contributed by atoms with Crippen LogP contribution in [0.2, 0.25) is 0 Å². The molecule has 25 heavy (non-hydrogen) atoms. The molecular formula is C16H20ClN5O3. The smallest absolute Gasteiger partial charge is 0.328 e. The molecule has 0 saturated carbocycles. The number of hydrogen-bond acceptors (Lipinski definition) is 6. The number of likely N-dealkylation sites (N-methyl/N-ethyl adjacent to an activating group) is 1. The summed E-state index contributed by atoms with van der Waals surface area (Å²) in [6, 6.07) is 5.31.